The number of hydrogen-bond donors (Lipinski definition) is 1. The summed E-state index contributed by atoms with van der Waals surface area (Å²) in [5.41, 5.74) is 1.18. The highest BCUT2D eigenvalue weighted by Gasteiger charge is 2.17. The van der Waals surface area contributed by atoms with Gasteiger partial charge < -0.3 is 19.2 Å². The van der Waals surface area contributed by atoms with Gasteiger partial charge in [-0.25, -0.2) is 0 Å². The fraction of sp³-hybridized carbons (Fsp3) is 0.692. The van der Waals surface area contributed by atoms with E-state index in [0.717, 1.165) is 25.3 Å². The molecule has 96 valence electrons. The molecule has 0 aliphatic carbocycles. The van der Waals surface area contributed by atoms with Crippen LogP contribution in [-0.2, 0) is 22.6 Å². The maximum atomic E-state index is 5.75. The molecule has 0 spiro atoms. The van der Waals surface area contributed by atoms with Crippen LogP contribution in [0.25, 0.3) is 0 Å². The Morgan fingerprint density at radius 3 is 3.12 bits per heavy atom. The molecule has 1 aliphatic heterocycles. The minimum absolute atomic E-state index is 0.228. The molecule has 1 saturated heterocycles. The number of nitrogens with one attached hydrogen (secondary N) is 1. The minimum Gasteiger partial charge on any atom is -0.467 e. The molecular weight excluding hydrogens is 218 g/mol. The average molecular weight is 239 g/mol. The topological polar surface area (TPSA) is 43.6 Å². The summed E-state index contributed by atoms with van der Waals surface area (Å²) in [6.45, 7) is 7.15. The Bertz CT molecular complexity index is 329. The van der Waals surface area contributed by atoms with Crippen LogP contribution in [0.4, 0.5) is 0 Å². The second kappa shape index (κ2) is 6.19. The minimum atomic E-state index is 0.228. The van der Waals surface area contributed by atoms with Crippen LogP contribution < -0.4 is 5.32 Å². The first-order valence-corrected chi connectivity index (χ1v) is 6.23. The van der Waals surface area contributed by atoms with Gasteiger partial charge in [0.1, 0.15) is 12.4 Å². The van der Waals surface area contributed by atoms with E-state index >= 15 is 0 Å². The second-order valence-electron chi connectivity index (χ2n) is 4.70. The largest absolute Gasteiger partial charge is 0.467 e. The molecular formula is C13H21NO3. The number of hydrogen-bond acceptors (Lipinski definition) is 4. The summed E-state index contributed by atoms with van der Waals surface area (Å²) in [5.74, 6) is 0.921. The standard InChI is InChI=1S/C13H21NO3/c1-10(2)14-7-11-3-6-16-13(11)9-17-12-4-5-15-8-12/h3,6,10,12,14H,4-5,7-9H2,1-2H3. The molecule has 1 aliphatic rings. The van der Waals surface area contributed by atoms with Crippen molar-refractivity contribution in [1.29, 1.82) is 0 Å². The summed E-state index contributed by atoms with van der Waals surface area (Å²) in [5, 5.41) is 3.38. The third-order valence-corrected chi connectivity index (χ3v) is 2.88. The number of rotatable bonds is 6. The lowest BCUT2D eigenvalue weighted by Crippen LogP contribution is -2.22. The maximum Gasteiger partial charge on any atom is 0.133 e. The number of furan rings is 1. The Morgan fingerprint density at radius 2 is 2.41 bits per heavy atom. The van der Waals surface area contributed by atoms with Crippen molar-refractivity contribution in [1.82, 2.24) is 5.32 Å². The van der Waals surface area contributed by atoms with Crippen molar-refractivity contribution in [2.24, 2.45) is 0 Å². The van der Waals surface area contributed by atoms with Crippen molar-refractivity contribution in [2.75, 3.05) is 13.2 Å². The lowest BCUT2D eigenvalue weighted by atomic mass is 10.2. The molecule has 4 nitrogen and oxygen atoms in total. The van der Waals surface area contributed by atoms with Gasteiger partial charge in [0.25, 0.3) is 0 Å². The lowest BCUT2D eigenvalue weighted by molar-refractivity contribution is 0.0230. The molecule has 4 heteroatoms. The first kappa shape index (κ1) is 12.6. The van der Waals surface area contributed by atoms with E-state index in [4.69, 9.17) is 13.9 Å². The fourth-order valence-corrected chi connectivity index (χ4v) is 1.80. The van der Waals surface area contributed by atoms with Crippen LogP contribution in [0.3, 0.4) is 0 Å². The molecule has 2 heterocycles. The van der Waals surface area contributed by atoms with Crippen molar-refractivity contribution in [2.45, 2.75) is 45.6 Å². The van der Waals surface area contributed by atoms with E-state index in [1.54, 1.807) is 6.26 Å². The third-order valence-electron chi connectivity index (χ3n) is 2.88. The Hall–Kier alpha value is -0.840. The van der Waals surface area contributed by atoms with Crippen LogP contribution in [0.5, 0.6) is 0 Å². The zero-order valence-corrected chi connectivity index (χ0v) is 10.6. The molecule has 0 aromatic carbocycles. The van der Waals surface area contributed by atoms with E-state index in [0.29, 0.717) is 19.3 Å². The quantitative estimate of drug-likeness (QED) is 0.825. The summed E-state index contributed by atoms with van der Waals surface area (Å²) >= 11 is 0. The van der Waals surface area contributed by atoms with Crippen LogP contribution in [0.1, 0.15) is 31.6 Å². The lowest BCUT2D eigenvalue weighted by Gasteiger charge is -2.11. The molecule has 1 aromatic heterocycles. The predicted molar refractivity (Wildman–Crippen MR) is 64.7 cm³/mol. The van der Waals surface area contributed by atoms with Crippen LogP contribution in [-0.4, -0.2) is 25.4 Å². The van der Waals surface area contributed by atoms with Gasteiger partial charge in [-0.1, -0.05) is 13.8 Å². The summed E-state index contributed by atoms with van der Waals surface area (Å²) in [6, 6.07) is 2.47. The maximum absolute atomic E-state index is 5.75. The van der Waals surface area contributed by atoms with Gasteiger partial charge in [-0.3, -0.25) is 0 Å². The van der Waals surface area contributed by atoms with Crippen LogP contribution in [0.15, 0.2) is 16.7 Å². The Labute approximate surface area is 102 Å². The normalized spacial score (nSPS) is 20.3. The van der Waals surface area contributed by atoms with E-state index in [2.05, 4.69) is 19.2 Å². The molecule has 1 aromatic rings. The highest BCUT2D eigenvalue weighted by molar-refractivity contribution is 5.16. The second-order valence-corrected chi connectivity index (χ2v) is 4.70. The SMILES string of the molecule is CC(C)NCc1ccoc1COC1CCOC1. The Kier molecular flexibility index (Phi) is 4.59. The Morgan fingerprint density at radius 1 is 1.53 bits per heavy atom. The van der Waals surface area contributed by atoms with Crippen molar-refractivity contribution >= 4 is 0 Å². The number of ether oxygens (including phenoxy) is 2. The van der Waals surface area contributed by atoms with Crippen molar-refractivity contribution < 1.29 is 13.9 Å². The summed E-state index contributed by atoms with van der Waals surface area (Å²) in [6.07, 6.45) is 2.94. The van der Waals surface area contributed by atoms with Gasteiger partial charge in [-0.05, 0) is 12.5 Å². The van der Waals surface area contributed by atoms with E-state index in [1.807, 2.05) is 6.07 Å². The molecule has 2 rings (SSSR count). The highest BCUT2D eigenvalue weighted by atomic mass is 16.5. The van der Waals surface area contributed by atoms with Crippen molar-refractivity contribution in [3.05, 3.63) is 23.7 Å². The van der Waals surface area contributed by atoms with Gasteiger partial charge in [-0.15, -0.1) is 0 Å². The fourth-order valence-electron chi connectivity index (χ4n) is 1.80. The van der Waals surface area contributed by atoms with Crippen LogP contribution in [0, 0.1) is 0 Å². The van der Waals surface area contributed by atoms with Crippen molar-refractivity contribution in [3.63, 3.8) is 0 Å². The average Bonchev–Trinajstić information content (AvgIpc) is 2.95. The van der Waals surface area contributed by atoms with Crippen LogP contribution in [0.2, 0.25) is 0 Å². The Balaban J connectivity index is 1.80. The van der Waals surface area contributed by atoms with Gasteiger partial charge in [0, 0.05) is 24.8 Å². The van der Waals surface area contributed by atoms with Gasteiger partial charge in [0.05, 0.1) is 19.0 Å². The molecule has 1 unspecified atom stereocenters. The molecule has 1 atom stereocenters. The molecule has 0 bridgehead atoms. The van der Waals surface area contributed by atoms with Gasteiger partial charge in [0.2, 0.25) is 0 Å². The van der Waals surface area contributed by atoms with E-state index in [1.165, 1.54) is 5.56 Å². The zero-order chi connectivity index (χ0) is 12.1. The zero-order valence-electron chi connectivity index (χ0n) is 10.6. The van der Waals surface area contributed by atoms with Gasteiger partial charge >= 0.3 is 0 Å². The predicted octanol–water partition coefficient (Wildman–Crippen LogP) is 2.08. The molecule has 0 saturated carbocycles. The summed E-state index contributed by atoms with van der Waals surface area (Å²) < 4.78 is 16.5. The first-order valence-electron chi connectivity index (χ1n) is 6.23. The highest BCUT2D eigenvalue weighted by Crippen LogP contribution is 2.15. The molecule has 1 fully saturated rings. The summed E-state index contributed by atoms with van der Waals surface area (Å²) in [4.78, 5) is 0. The summed E-state index contributed by atoms with van der Waals surface area (Å²) in [7, 11) is 0. The van der Waals surface area contributed by atoms with E-state index < -0.39 is 0 Å². The van der Waals surface area contributed by atoms with Gasteiger partial charge in [0.15, 0.2) is 0 Å². The molecule has 0 amide bonds. The smallest absolute Gasteiger partial charge is 0.133 e. The molecule has 1 N–H and O–H groups in total. The molecule has 17 heavy (non-hydrogen) atoms. The van der Waals surface area contributed by atoms with Crippen molar-refractivity contribution in [3.8, 4) is 0 Å². The first-order chi connectivity index (χ1) is 8.25. The van der Waals surface area contributed by atoms with E-state index in [-0.39, 0.29) is 6.10 Å². The monoisotopic (exact) mass is 239 g/mol. The third kappa shape index (κ3) is 3.84. The van der Waals surface area contributed by atoms with Crippen LogP contribution >= 0.6 is 0 Å². The molecule has 0 radical (unpaired) electrons. The van der Waals surface area contributed by atoms with E-state index in [9.17, 15) is 0 Å². The van der Waals surface area contributed by atoms with Gasteiger partial charge in [-0.2, -0.15) is 0 Å².